The van der Waals surface area contributed by atoms with Gasteiger partial charge in [-0.25, -0.2) is 0 Å². The standard InChI is InChI=1S/C72H106ClF3N12O12/c1-13-24-53-62(92)78-60(45(5)14-2)68(98)81(8)46(6)64(94)88-38-32-55(88)67(97)84(11)56(40-47-25-17-15-18-26-47)66(96)80(7)43-57(89)77-52(31-29-48-28-30-50(51(73)39-48)72(74,75)76)65(95)87-37-23-27-54(87)63(93)79-71(33-19-20-34-71)70(100)85(12)61(44(3)4)69(99)82(9)49(41-58(90)83(53)10)42-59(91)86-35-21-16-22-36-86/h1,28,30,39,44-47,49,52-56,60-61H,14-27,29,31-38,40-43H2,2-12H3,(H,77,89)(H,78,92)(H,79,93)/t45-,46-,49?,52-,53-,54-,55-,56-,60-,61-/m0/s1. The maximum Gasteiger partial charge on any atom is 0.417 e. The van der Waals surface area contributed by atoms with Gasteiger partial charge in [-0.1, -0.05) is 96.7 Å². The summed E-state index contributed by atoms with van der Waals surface area (Å²) >= 11 is 6.15. The van der Waals surface area contributed by atoms with Gasteiger partial charge in [0.25, 0.3) is 0 Å². The Hall–Kier alpha value is -7.50. The molecule has 1 unspecified atom stereocenters. The van der Waals surface area contributed by atoms with Crippen molar-refractivity contribution in [3.05, 3.63) is 34.3 Å². The predicted molar refractivity (Wildman–Crippen MR) is 368 cm³/mol. The van der Waals surface area contributed by atoms with Gasteiger partial charge in [0, 0.05) is 93.8 Å². The number of benzene rings is 1. The molecule has 1 spiro atoms. The van der Waals surface area contributed by atoms with Crippen LogP contribution in [-0.4, -0.2) is 250 Å². The summed E-state index contributed by atoms with van der Waals surface area (Å²) in [4.78, 5) is 190. The molecule has 7 rings (SSSR count). The van der Waals surface area contributed by atoms with E-state index in [1.54, 1.807) is 25.7 Å². The van der Waals surface area contributed by atoms with E-state index >= 15 is 19.2 Å². The van der Waals surface area contributed by atoms with Crippen LogP contribution in [0.2, 0.25) is 5.02 Å². The number of halogens is 4. The zero-order valence-electron chi connectivity index (χ0n) is 60.3. The van der Waals surface area contributed by atoms with Crippen LogP contribution in [-0.2, 0) is 70.1 Å². The van der Waals surface area contributed by atoms with Crippen molar-refractivity contribution in [3.8, 4) is 12.3 Å². The minimum absolute atomic E-state index is 0.0158. The molecule has 2 aliphatic carbocycles. The van der Waals surface area contributed by atoms with E-state index in [1.165, 1.54) is 84.7 Å². The molecule has 100 heavy (non-hydrogen) atoms. The number of nitrogens with one attached hydrogen (secondary N) is 3. The van der Waals surface area contributed by atoms with Crippen LogP contribution in [0.1, 0.15) is 181 Å². The zero-order chi connectivity index (χ0) is 73.8. The third-order valence-electron chi connectivity index (χ3n) is 22.1. The topological polar surface area (TPSA) is 270 Å². The summed E-state index contributed by atoms with van der Waals surface area (Å²) in [5, 5.41) is 8.05. The maximum atomic E-state index is 15.4. The number of piperidine rings is 1. The van der Waals surface area contributed by atoms with E-state index in [0.717, 1.165) is 73.3 Å². The minimum atomic E-state index is -4.76. The van der Waals surface area contributed by atoms with Gasteiger partial charge in [-0.05, 0) is 113 Å². The number of carbonyl (C=O) groups excluding carboxylic acids is 12. The average molecular weight is 1420 g/mol. The first-order valence-corrected chi connectivity index (χ1v) is 36.2. The Balaban J connectivity index is 1.28. The van der Waals surface area contributed by atoms with Gasteiger partial charge in [-0.2, -0.15) is 13.2 Å². The normalized spacial score (nSPS) is 27.6. The zero-order valence-corrected chi connectivity index (χ0v) is 61.0. The molecule has 6 aliphatic rings. The Morgan fingerprint density at radius 1 is 0.680 bits per heavy atom. The first-order valence-electron chi connectivity index (χ1n) is 35.9. The molecule has 4 saturated heterocycles. The molecule has 1 aromatic carbocycles. The van der Waals surface area contributed by atoms with Gasteiger partial charge in [0.15, 0.2) is 0 Å². The average Bonchev–Trinajstić information content (AvgIpc) is 1.25. The molecule has 0 aromatic heterocycles. The third-order valence-corrected chi connectivity index (χ3v) is 22.4. The fraction of sp³-hybridized carbons (Fsp3) is 0.722. The second kappa shape index (κ2) is 34.9. The molecule has 1 aromatic rings. The number of rotatable bonds is 11. The van der Waals surface area contributed by atoms with Crippen LogP contribution in [0, 0.1) is 30.1 Å². The highest BCUT2D eigenvalue weighted by atomic mass is 35.5. The van der Waals surface area contributed by atoms with Crippen LogP contribution in [0.3, 0.4) is 0 Å². The Morgan fingerprint density at radius 2 is 1.32 bits per heavy atom. The minimum Gasteiger partial charge on any atom is -0.343 e. The molecular formula is C72H106ClF3N12O12. The van der Waals surface area contributed by atoms with Gasteiger partial charge in [0.1, 0.15) is 53.9 Å². The number of amides is 12. The van der Waals surface area contributed by atoms with Gasteiger partial charge < -0.3 is 60.0 Å². The van der Waals surface area contributed by atoms with Crippen molar-refractivity contribution in [2.24, 2.45) is 17.8 Å². The molecule has 12 amide bonds. The lowest BCUT2D eigenvalue weighted by Crippen LogP contribution is -2.65. The summed E-state index contributed by atoms with van der Waals surface area (Å²) in [7, 11) is 8.52. The number of likely N-dealkylation sites (N-methyl/N-ethyl adjacent to an activating group) is 6. The smallest absolute Gasteiger partial charge is 0.343 e. The van der Waals surface area contributed by atoms with Crippen molar-refractivity contribution in [2.75, 3.05) is 75.0 Å². The van der Waals surface area contributed by atoms with Gasteiger partial charge >= 0.3 is 6.18 Å². The molecule has 2 saturated carbocycles. The van der Waals surface area contributed by atoms with Crippen LogP contribution in [0.4, 0.5) is 13.2 Å². The van der Waals surface area contributed by atoms with Gasteiger partial charge in [0.2, 0.25) is 70.9 Å². The van der Waals surface area contributed by atoms with Gasteiger partial charge in [0.05, 0.1) is 17.1 Å². The lowest BCUT2D eigenvalue weighted by atomic mass is 9.84. The number of fused-ring (bicyclic) bond motifs is 2. The molecule has 4 aliphatic heterocycles. The first kappa shape index (κ1) is 79.8. The van der Waals surface area contributed by atoms with E-state index in [9.17, 15) is 51.5 Å². The fourth-order valence-electron chi connectivity index (χ4n) is 15.3. The molecule has 3 N–H and O–H groups in total. The third kappa shape index (κ3) is 18.8. The molecule has 6 fully saturated rings. The van der Waals surface area contributed by atoms with Crippen molar-refractivity contribution in [1.29, 1.82) is 0 Å². The van der Waals surface area contributed by atoms with Crippen LogP contribution in [0.5, 0.6) is 0 Å². The molecule has 10 atom stereocenters. The molecule has 0 bridgehead atoms. The Labute approximate surface area is 592 Å². The number of nitrogens with zero attached hydrogens (tertiary/aromatic N) is 9. The lowest BCUT2D eigenvalue weighted by molar-refractivity contribution is -0.160. The SMILES string of the molecule is C#CC[C@H]1C(=O)N[C@@H]([C@@H](C)CC)C(=O)N(C)[C@@H](C)C(=O)N2CC[C@H]2C(=O)N(C)[C@@H](CC2CCCCC2)C(=O)N(C)CC(=O)N[C@@H](CCc2ccc(C(F)(F)F)c(Cl)c2)C(=O)N2CCC[C@H]2C(=O)NC2(CCCC2)C(=O)N(C)[C@@H](C(C)C)C(=O)N(C)C(CC(=O)N2CCCCC2)CC(=O)N1C. The van der Waals surface area contributed by atoms with Crippen molar-refractivity contribution >= 4 is 82.5 Å². The quantitative estimate of drug-likeness (QED) is 0.235. The Morgan fingerprint density at radius 3 is 1.91 bits per heavy atom. The van der Waals surface area contributed by atoms with Crippen molar-refractivity contribution in [1.82, 2.24) is 60.0 Å². The summed E-state index contributed by atoms with van der Waals surface area (Å²) in [6.45, 7) is 8.98. The van der Waals surface area contributed by atoms with Crippen molar-refractivity contribution in [2.45, 2.75) is 242 Å². The van der Waals surface area contributed by atoms with Crippen LogP contribution in [0.15, 0.2) is 18.2 Å². The second-order valence-corrected chi connectivity index (χ2v) is 29.6. The number of hydrogen-bond acceptors (Lipinski definition) is 12. The molecule has 4 heterocycles. The van der Waals surface area contributed by atoms with Crippen molar-refractivity contribution < 1.29 is 70.7 Å². The van der Waals surface area contributed by atoms with E-state index in [-0.39, 0.29) is 82.7 Å². The lowest BCUT2D eigenvalue weighted by Gasteiger charge is -2.45. The monoisotopic (exact) mass is 1420 g/mol. The van der Waals surface area contributed by atoms with Crippen molar-refractivity contribution in [3.63, 3.8) is 0 Å². The Kier molecular flexibility index (Phi) is 27.9. The number of likely N-dealkylation sites (tertiary alicyclic amines) is 1. The first-order chi connectivity index (χ1) is 47.2. The van der Waals surface area contributed by atoms with Crippen LogP contribution < -0.4 is 16.0 Å². The highest BCUT2D eigenvalue weighted by Gasteiger charge is 2.51. The summed E-state index contributed by atoms with van der Waals surface area (Å²) in [6.07, 6.45) is 9.07. The van der Waals surface area contributed by atoms with Gasteiger partial charge in [-0.3, -0.25) is 57.5 Å². The number of alkyl halides is 3. The maximum absolute atomic E-state index is 15.4. The molecule has 554 valence electrons. The highest BCUT2D eigenvalue weighted by molar-refractivity contribution is 6.31. The number of hydrogen-bond donors (Lipinski definition) is 3. The largest absolute Gasteiger partial charge is 0.417 e. The van der Waals surface area contributed by atoms with Gasteiger partial charge in [-0.15, -0.1) is 12.3 Å². The highest BCUT2D eigenvalue weighted by Crippen LogP contribution is 2.38. The van der Waals surface area contributed by atoms with Crippen LogP contribution in [0.25, 0.3) is 0 Å². The number of terminal acetylenes is 1. The van der Waals surface area contributed by atoms with E-state index in [0.29, 0.717) is 44.3 Å². The number of carbonyl (C=O) groups is 12. The Bertz CT molecular complexity index is 3220. The summed E-state index contributed by atoms with van der Waals surface area (Å²) in [5.41, 5.74) is -2.36. The molecular weight excluding hydrogens is 1320 g/mol. The van der Waals surface area contributed by atoms with E-state index in [1.807, 2.05) is 6.92 Å². The number of aryl methyl sites for hydroxylation is 1. The van der Waals surface area contributed by atoms with Crippen LogP contribution >= 0.6 is 11.6 Å². The van der Waals surface area contributed by atoms with E-state index in [4.69, 9.17) is 18.0 Å². The molecule has 28 heteroatoms. The molecule has 24 nitrogen and oxygen atoms in total. The summed E-state index contributed by atoms with van der Waals surface area (Å²) in [5.74, 6) is -6.27. The van der Waals surface area contributed by atoms with E-state index in [2.05, 4.69) is 21.9 Å². The van der Waals surface area contributed by atoms with E-state index < -0.39 is 166 Å². The fourth-order valence-corrected chi connectivity index (χ4v) is 15.6. The summed E-state index contributed by atoms with van der Waals surface area (Å²) < 4.78 is 41.6. The molecule has 0 radical (unpaired) electrons. The second-order valence-electron chi connectivity index (χ2n) is 29.2. The predicted octanol–water partition coefficient (Wildman–Crippen LogP) is 5.40. The summed E-state index contributed by atoms with van der Waals surface area (Å²) in [6, 6.07) is -7.83.